The monoisotopic (exact) mass is 479 g/mol. The number of hydrogen-bond acceptors (Lipinski definition) is 5. The minimum absolute atomic E-state index is 0.0780. The highest BCUT2D eigenvalue weighted by molar-refractivity contribution is 9.10. The standard InChI is InChI=1S/C23H22BrN5O2/c1-12-21-22(25)27-18-7-4-14(9-19(18)29(21)13(2)26-12)23(30)28(3)20-11-31-10-15-8-16(24)5-6-17(15)20/h4-9,20H,10-11H2,1-3H3,(H2,25,27). The van der Waals surface area contributed by atoms with Gasteiger partial charge in [0, 0.05) is 17.1 Å². The van der Waals surface area contributed by atoms with E-state index in [0.717, 1.165) is 43.7 Å². The molecule has 7 nitrogen and oxygen atoms in total. The van der Waals surface area contributed by atoms with Crippen molar-refractivity contribution in [2.24, 2.45) is 0 Å². The first-order valence-corrected chi connectivity index (χ1v) is 10.8. The van der Waals surface area contributed by atoms with Crippen LogP contribution in [0.15, 0.2) is 40.9 Å². The fraction of sp³-hybridized carbons (Fsp3) is 0.261. The van der Waals surface area contributed by atoms with Gasteiger partial charge in [0.15, 0.2) is 0 Å². The number of imidazole rings is 1. The maximum absolute atomic E-state index is 13.4. The van der Waals surface area contributed by atoms with E-state index >= 15 is 0 Å². The van der Waals surface area contributed by atoms with Crippen LogP contribution in [-0.2, 0) is 11.3 Å². The number of nitrogens with two attached hydrogens (primary N) is 1. The van der Waals surface area contributed by atoms with Gasteiger partial charge in [-0.05, 0) is 55.3 Å². The van der Waals surface area contributed by atoms with Crippen molar-refractivity contribution in [2.75, 3.05) is 19.4 Å². The molecule has 0 saturated heterocycles. The largest absolute Gasteiger partial charge is 0.382 e. The molecule has 158 valence electrons. The van der Waals surface area contributed by atoms with E-state index < -0.39 is 0 Å². The molecule has 1 amide bonds. The molecule has 2 aromatic carbocycles. The molecule has 0 bridgehead atoms. The van der Waals surface area contributed by atoms with Gasteiger partial charge in [-0.2, -0.15) is 0 Å². The number of nitrogens with zero attached hydrogens (tertiary/aromatic N) is 4. The zero-order valence-electron chi connectivity index (χ0n) is 17.5. The van der Waals surface area contributed by atoms with Crippen molar-refractivity contribution in [1.82, 2.24) is 19.3 Å². The van der Waals surface area contributed by atoms with Crippen LogP contribution in [0.3, 0.4) is 0 Å². The van der Waals surface area contributed by atoms with E-state index in [1.165, 1.54) is 0 Å². The Morgan fingerprint density at radius 2 is 2.03 bits per heavy atom. The van der Waals surface area contributed by atoms with Crippen LogP contribution < -0.4 is 5.73 Å². The summed E-state index contributed by atoms with van der Waals surface area (Å²) in [5, 5.41) is 0. The molecule has 3 heterocycles. The molecule has 2 aromatic heterocycles. The predicted octanol–water partition coefficient (Wildman–Crippen LogP) is 4.19. The number of aromatic nitrogens is 3. The molecule has 2 N–H and O–H groups in total. The van der Waals surface area contributed by atoms with E-state index in [9.17, 15) is 4.79 Å². The van der Waals surface area contributed by atoms with Gasteiger partial charge in [-0.15, -0.1) is 0 Å². The number of anilines is 1. The molecule has 5 rings (SSSR count). The van der Waals surface area contributed by atoms with Crippen molar-refractivity contribution in [3.63, 3.8) is 0 Å². The lowest BCUT2D eigenvalue weighted by atomic mass is 9.97. The average Bonchev–Trinajstić information content (AvgIpc) is 3.06. The Morgan fingerprint density at radius 3 is 2.84 bits per heavy atom. The van der Waals surface area contributed by atoms with Crippen molar-refractivity contribution in [2.45, 2.75) is 26.5 Å². The highest BCUT2D eigenvalue weighted by atomic mass is 79.9. The number of carbonyl (C=O) groups excluding carboxylic acids is 1. The molecule has 0 spiro atoms. The molecule has 8 heteroatoms. The van der Waals surface area contributed by atoms with Gasteiger partial charge in [-0.1, -0.05) is 22.0 Å². The third-order valence-electron chi connectivity index (χ3n) is 5.95. The van der Waals surface area contributed by atoms with Gasteiger partial charge in [0.25, 0.3) is 5.91 Å². The molecule has 1 aliphatic rings. The van der Waals surface area contributed by atoms with Crippen LogP contribution >= 0.6 is 15.9 Å². The molecule has 4 aromatic rings. The molecule has 0 fully saturated rings. The van der Waals surface area contributed by atoms with E-state index in [4.69, 9.17) is 10.5 Å². The van der Waals surface area contributed by atoms with Gasteiger partial charge in [-0.25, -0.2) is 9.97 Å². The summed E-state index contributed by atoms with van der Waals surface area (Å²) in [6, 6.07) is 11.5. The van der Waals surface area contributed by atoms with Gasteiger partial charge in [0.1, 0.15) is 17.2 Å². The molecule has 0 saturated carbocycles. The summed E-state index contributed by atoms with van der Waals surface area (Å²) in [5.74, 6) is 1.17. The van der Waals surface area contributed by atoms with Crippen molar-refractivity contribution >= 4 is 44.2 Å². The number of hydrogen-bond donors (Lipinski definition) is 1. The molecule has 1 atom stereocenters. The van der Waals surface area contributed by atoms with Crippen molar-refractivity contribution in [3.05, 3.63) is 69.1 Å². The highest BCUT2D eigenvalue weighted by Crippen LogP contribution is 2.32. The minimum atomic E-state index is -0.151. The maximum Gasteiger partial charge on any atom is 0.254 e. The quantitative estimate of drug-likeness (QED) is 0.465. The number of aryl methyl sites for hydroxylation is 2. The van der Waals surface area contributed by atoms with Gasteiger partial charge in [0.2, 0.25) is 0 Å². The van der Waals surface area contributed by atoms with E-state index in [-0.39, 0.29) is 11.9 Å². The van der Waals surface area contributed by atoms with Crippen molar-refractivity contribution in [1.29, 1.82) is 0 Å². The minimum Gasteiger partial charge on any atom is -0.382 e. The Balaban J connectivity index is 1.58. The first kappa shape index (κ1) is 20.0. The fourth-order valence-corrected chi connectivity index (χ4v) is 4.85. The first-order chi connectivity index (χ1) is 14.8. The Kier molecular flexibility index (Phi) is 4.71. The number of amides is 1. The summed E-state index contributed by atoms with van der Waals surface area (Å²) < 4.78 is 8.75. The summed E-state index contributed by atoms with van der Waals surface area (Å²) >= 11 is 3.51. The molecule has 1 unspecified atom stereocenters. The predicted molar refractivity (Wildman–Crippen MR) is 123 cm³/mol. The molecule has 0 radical (unpaired) electrons. The number of benzene rings is 2. The number of carbonyl (C=O) groups is 1. The number of rotatable bonds is 2. The van der Waals surface area contributed by atoms with Crippen molar-refractivity contribution < 1.29 is 9.53 Å². The van der Waals surface area contributed by atoms with Gasteiger partial charge in [0.05, 0.1) is 36.0 Å². The molecular formula is C23H22BrN5O2. The van der Waals surface area contributed by atoms with Crippen LogP contribution in [0.1, 0.15) is 39.0 Å². The van der Waals surface area contributed by atoms with E-state index in [1.807, 2.05) is 49.6 Å². The van der Waals surface area contributed by atoms with Crippen LogP contribution in [0, 0.1) is 13.8 Å². The topological polar surface area (TPSA) is 85.8 Å². The third-order valence-corrected chi connectivity index (χ3v) is 6.44. The number of nitrogen functional groups attached to an aromatic ring is 1. The Morgan fingerprint density at radius 1 is 1.23 bits per heavy atom. The first-order valence-electron chi connectivity index (χ1n) is 10.0. The lowest BCUT2D eigenvalue weighted by Gasteiger charge is -2.33. The highest BCUT2D eigenvalue weighted by Gasteiger charge is 2.28. The second-order valence-electron chi connectivity index (χ2n) is 7.92. The SMILES string of the molecule is Cc1nc(C)n2c1c(N)nc1ccc(C(=O)N(C)C3COCc4cc(Br)ccc43)cc12. The zero-order chi connectivity index (χ0) is 21.9. The Bertz CT molecular complexity index is 1360. The summed E-state index contributed by atoms with van der Waals surface area (Å²) in [7, 11) is 1.82. The average molecular weight is 480 g/mol. The lowest BCUT2D eigenvalue weighted by Crippen LogP contribution is -2.36. The van der Waals surface area contributed by atoms with Crippen LogP contribution in [0.25, 0.3) is 16.6 Å². The summed E-state index contributed by atoms with van der Waals surface area (Å²) in [6.45, 7) is 4.85. The number of fused-ring (bicyclic) bond motifs is 4. The summed E-state index contributed by atoms with van der Waals surface area (Å²) in [6.07, 6.45) is 0. The van der Waals surface area contributed by atoms with Gasteiger partial charge in [-0.3, -0.25) is 9.20 Å². The number of halogens is 1. The molecule has 31 heavy (non-hydrogen) atoms. The number of likely N-dealkylation sites (N-methyl/N-ethyl adjacent to an activating group) is 1. The van der Waals surface area contributed by atoms with Crippen molar-refractivity contribution in [3.8, 4) is 0 Å². The number of ether oxygens (including phenoxy) is 1. The van der Waals surface area contributed by atoms with Crippen LogP contribution in [0.5, 0.6) is 0 Å². The Labute approximate surface area is 188 Å². The smallest absolute Gasteiger partial charge is 0.254 e. The lowest BCUT2D eigenvalue weighted by molar-refractivity contribution is 0.0346. The van der Waals surface area contributed by atoms with E-state index in [0.29, 0.717) is 24.6 Å². The van der Waals surface area contributed by atoms with Crippen LogP contribution in [-0.4, -0.2) is 38.8 Å². The van der Waals surface area contributed by atoms with E-state index in [1.54, 1.807) is 11.0 Å². The fourth-order valence-electron chi connectivity index (χ4n) is 4.44. The summed E-state index contributed by atoms with van der Waals surface area (Å²) in [4.78, 5) is 24.3. The normalized spacial score (nSPS) is 15.9. The Hall–Kier alpha value is -2.97. The zero-order valence-corrected chi connectivity index (χ0v) is 19.1. The maximum atomic E-state index is 13.4. The molecule has 1 aliphatic heterocycles. The van der Waals surface area contributed by atoms with Gasteiger partial charge >= 0.3 is 0 Å². The molecular weight excluding hydrogens is 458 g/mol. The van der Waals surface area contributed by atoms with Crippen LogP contribution in [0.4, 0.5) is 5.82 Å². The van der Waals surface area contributed by atoms with Gasteiger partial charge < -0.3 is 15.4 Å². The second-order valence-corrected chi connectivity index (χ2v) is 8.83. The summed E-state index contributed by atoms with van der Waals surface area (Å²) in [5.41, 5.74) is 12.1. The van der Waals surface area contributed by atoms with Crippen LogP contribution in [0.2, 0.25) is 0 Å². The third kappa shape index (κ3) is 3.18. The second kappa shape index (κ2) is 7.32. The van der Waals surface area contributed by atoms with E-state index in [2.05, 4.69) is 32.0 Å². The molecule has 0 aliphatic carbocycles.